The summed E-state index contributed by atoms with van der Waals surface area (Å²) in [6.45, 7) is 0.582. The van der Waals surface area contributed by atoms with Crippen molar-refractivity contribution in [1.82, 2.24) is 9.97 Å². The van der Waals surface area contributed by atoms with Gasteiger partial charge >= 0.3 is 6.18 Å². The fourth-order valence-electron chi connectivity index (χ4n) is 2.36. The van der Waals surface area contributed by atoms with E-state index < -0.39 is 12.0 Å². The Balaban J connectivity index is 2.11. The second-order valence-corrected chi connectivity index (χ2v) is 6.51. The molecule has 0 saturated heterocycles. The summed E-state index contributed by atoms with van der Waals surface area (Å²) in [5.41, 5.74) is 0. The Labute approximate surface area is 124 Å². The lowest BCUT2D eigenvalue weighted by Gasteiger charge is -2.27. The van der Waals surface area contributed by atoms with Gasteiger partial charge in [-0.1, -0.05) is 24.4 Å². The van der Waals surface area contributed by atoms with Crippen LogP contribution in [0.1, 0.15) is 31.5 Å². The van der Waals surface area contributed by atoms with Gasteiger partial charge < -0.3 is 5.32 Å². The molecule has 20 heavy (non-hydrogen) atoms. The van der Waals surface area contributed by atoms with Gasteiger partial charge in [-0.3, -0.25) is 0 Å². The number of rotatable bonds is 4. The van der Waals surface area contributed by atoms with E-state index >= 15 is 0 Å². The van der Waals surface area contributed by atoms with Gasteiger partial charge in [-0.25, -0.2) is 9.97 Å². The monoisotopic (exact) mass is 325 g/mol. The van der Waals surface area contributed by atoms with Crippen molar-refractivity contribution in [3.8, 4) is 0 Å². The molecule has 0 unspecified atom stereocenters. The molecule has 0 atom stereocenters. The standard InChI is InChI=1S/C12H15ClF3N3S/c1-20-11(4-2-3-5-11)7-17-9-6-8(13)18-10(19-9)12(14,15)16/h6H,2-5,7H2,1H3,(H,17,18,19). The summed E-state index contributed by atoms with van der Waals surface area (Å²) in [6.07, 6.45) is 1.87. The first-order valence-electron chi connectivity index (χ1n) is 6.25. The van der Waals surface area contributed by atoms with E-state index in [1.807, 2.05) is 6.26 Å². The zero-order valence-electron chi connectivity index (χ0n) is 10.9. The van der Waals surface area contributed by atoms with Crippen molar-refractivity contribution in [3.05, 3.63) is 17.0 Å². The Morgan fingerprint density at radius 2 is 2.00 bits per heavy atom. The number of thioether (sulfide) groups is 1. The minimum Gasteiger partial charge on any atom is -0.369 e. The highest BCUT2D eigenvalue weighted by Crippen LogP contribution is 2.40. The number of nitrogens with zero attached hydrogens (tertiary/aromatic N) is 2. The van der Waals surface area contributed by atoms with Crippen molar-refractivity contribution in [2.45, 2.75) is 36.6 Å². The van der Waals surface area contributed by atoms with Crippen LogP contribution < -0.4 is 5.32 Å². The molecule has 3 nitrogen and oxygen atoms in total. The van der Waals surface area contributed by atoms with Crippen LogP contribution in [0.15, 0.2) is 6.07 Å². The molecular weight excluding hydrogens is 311 g/mol. The van der Waals surface area contributed by atoms with Gasteiger partial charge in [0.15, 0.2) is 0 Å². The van der Waals surface area contributed by atoms with Crippen molar-refractivity contribution in [3.63, 3.8) is 0 Å². The van der Waals surface area contributed by atoms with Crippen molar-refractivity contribution in [1.29, 1.82) is 0 Å². The lowest BCUT2D eigenvalue weighted by Crippen LogP contribution is -2.30. The van der Waals surface area contributed by atoms with E-state index in [1.165, 1.54) is 6.07 Å². The third-order valence-electron chi connectivity index (χ3n) is 3.49. The molecule has 0 aliphatic heterocycles. The normalized spacial score (nSPS) is 18.2. The second-order valence-electron chi connectivity index (χ2n) is 4.85. The average molecular weight is 326 g/mol. The molecule has 1 fully saturated rings. The lowest BCUT2D eigenvalue weighted by atomic mass is 10.1. The molecule has 1 heterocycles. The van der Waals surface area contributed by atoms with Gasteiger partial charge in [0, 0.05) is 17.4 Å². The fourth-order valence-corrected chi connectivity index (χ4v) is 3.46. The van der Waals surface area contributed by atoms with Crippen molar-refractivity contribution in [2.75, 3.05) is 18.1 Å². The summed E-state index contributed by atoms with van der Waals surface area (Å²) in [7, 11) is 0. The largest absolute Gasteiger partial charge is 0.451 e. The van der Waals surface area contributed by atoms with Gasteiger partial charge in [0.05, 0.1) is 0 Å². The zero-order valence-corrected chi connectivity index (χ0v) is 12.5. The number of hydrogen-bond acceptors (Lipinski definition) is 4. The van der Waals surface area contributed by atoms with Crippen LogP contribution in [0.2, 0.25) is 5.15 Å². The molecular formula is C12H15ClF3N3S. The smallest absolute Gasteiger partial charge is 0.369 e. The molecule has 1 aromatic heterocycles. The predicted molar refractivity (Wildman–Crippen MR) is 75.2 cm³/mol. The highest BCUT2D eigenvalue weighted by molar-refractivity contribution is 8.00. The molecule has 0 spiro atoms. The molecule has 1 aliphatic carbocycles. The van der Waals surface area contributed by atoms with E-state index in [4.69, 9.17) is 11.6 Å². The lowest BCUT2D eigenvalue weighted by molar-refractivity contribution is -0.144. The molecule has 1 N–H and O–H groups in total. The molecule has 1 saturated carbocycles. The third kappa shape index (κ3) is 3.69. The Bertz CT molecular complexity index is 476. The molecule has 0 bridgehead atoms. The summed E-state index contributed by atoms with van der Waals surface area (Å²) < 4.78 is 37.9. The number of hydrogen-bond donors (Lipinski definition) is 1. The third-order valence-corrected chi connectivity index (χ3v) is 5.10. The van der Waals surface area contributed by atoms with Crippen LogP contribution in [0.4, 0.5) is 19.0 Å². The average Bonchev–Trinajstić information content (AvgIpc) is 2.84. The van der Waals surface area contributed by atoms with Gasteiger partial charge in [0.1, 0.15) is 11.0 Å². The molecule has 112 valence electrons. The van der Waals surface area contributed by atoms with Crippen LogP contribution in [-0.2, 0) is 6.18 Å². The molecule has 0 amide bonds. The fraction of sp³-hybridized carbons (Fsp3) is 0.667. The van der Waals surface area contributed by atoms with Crippen molar-refractivity contribution in [2.24, 2.45) is 0 Å². The maximum Gasteiger partial charge on any atom is 0.451 e. The Morgan fingerprint density at radius 1 is 1.35 bits per heavy atom. The van der Waals surface area contributed by atoms with Gasteiger partial charge in [-0.2, -0.15) is 24.9 Å². The predicted octanol–water partition coefficient (Wildman–Crippen LogP) is 4.24. The summed E-state index contributed by atoms with van der Waals surface area (Å²) >= 11 is 7.38. The Hall–Kier alpha value is -0.690. The van der Waals surface area contributed by atoms with E-state index in [0.29, 0.717) is 6.54 Å². The van der Waals surface area contributed by atoms with E-state index in [1.54, 1.807) is 11.8 Å². The maximum atomic E-state index is 12.6. The molecule has 0 aromatic carbocycles. The molecule has 8 heteroatoms. The minimum atomic E-state index is -4.59. The van der Waals surface area contributed by atoms with Crippen LogP contribution in [0.3, 0.4) is 0 Å². The van der Waals surface area contributed by atoms with Gasteiger partial charge in [-0.15, -0.1) is 0 Å². The molecule has 2 rings (SSSR count). The molecule has 1 aromatic rings. The van der Waals surface area contributed by atoms with Crippen LogP contribution in [0.25, 0.3) is 0 Å². The quantitative estimate of drug-likeness (QED) is 0.840. The van der Waals surface area contributed by atoms with E-state index in [9.17, 15) is 13.2 Å². The molecule has 0 radical (unpaired) electrons. The number of aromatic nitrogens is 2. The van der Waals surface area contributed by atoms with Crippen molar-refractivity contribution >= 4 is 29.2 Å². The van der Waals surface area contributed by atoms with Crippen LogP contribution in [0, 0.1) is 0 Å². The summed E-state index contributed by atoms with van der Waals surface area (Å²) in [6, 6.07) is 1.32. The first-order chi connectivity index (χ1) is 9.35. The van der Waals surface area contributed by atoms with Crippen LogP contribution in [0.5, 0.6) is 0 Å². The molecule has 1 aliphatic rings. The van der Waals surface area contributed by atoms with Crippen LogP contribution >= 0.6 is 23.4 Å². The summed E-state index contributed by atoms with van der Waals surface area (Å²) in [5, 5.41) is 2.77. The second kappa shape index (κ2) is 5.97. The Kier molecular flexibility index (Phi) is 4.69. The van der Waals surface area contributed by atoms with Crippen molar-refractivity contribution < 1.29 is 13.2 Å². The van der Waals surface area contributed by atoms with Gasteiger partial charge in [0.2, 0.25) is 5.82 Å². The Morgan fingerprint density at radius 3 is 2.55 bits per heavy atom. The number of halogens is 4. The van der Waals surface area contributed by atoms with E-state index in [2.05, 4.69) is 15.3 Å². The summed E-state index contributed by atoms with van der Waals surface area (Å²) in [4.78, 5) is 6.70. The number of alkyl halides is 3. The van der Waals surface area contributed by atoms with Gasteiger partial charge in [-0.05, 0) is 19.1 Å². The zero-order chi connectivity index (χ0) is 14.8. The SMILES string of the molecule is CSC1(CNc2cc(Cl)nc(C(F)(F)F)n2)CCCC1. The highest BCUT2D eigenvalue weighted by Gasteiger charge is 2.36. The highest BCUT2D eigenvalue weighted by atomic mass is 35.5. The number of nitrogens with one attached hydrogen (secondary N) is 1. The van der Waals surface area contributed by atoms with E-state index in [0.717, 1.165) is 25.7 Å². The maximum absolute atomic E-state index is 12.6. The first kappa shape index (κ1) is 15.7. The first-order valence-corrected chi connectivity index (χ1v) is 7.86. The van der Waals surface area contributed by atoms with Crippen LogP contribution in [-0.4, -0.2) is 27.5 Å². The summed E-state index contributed by atoms with van der Waals surface area (Å²) in [5.74, 6) is -1.09. The topological polar surface area (TPSA) is 37.8 Å². The minimum absolute atomic E-state index is 0.0792. The number of anilines is 1. The van der Waals surface area contributed by atoms with Gasteiger partial charge in [0.25, 0.3) is 0 Å². The van der Waals surface area contributed by atoms with E-state index in [-0.39, 0.29) is 15.7 Å².